The molecule has 2 aromatic rings. The van der Waals surface area contributed by atoms with Crippen molar-refractivity contribution in [2.24, 2.45) is 0 Å². The Bertz CT molecular complexity index is 465. The predicted molar refractivity (Wildman–Crippen MR) is 66.8 cm³/mol. The van der Waals surface area contributed by atoms with Gasteiger partial charge in [0.1, 0.15) is 0 Å². The molecule has 1 aliphatic rings. The lowest BCUT2D eigenvalue weighted by molar-refractivity contribution is 0.637. The van der Waals surface area contributed by atoms with Gasteiger partial charge in [-0.3, -0.25) is 0 Å². The number of aromatic amines is 1. The molecule has 1 aromatic carbocycles. The summed E-state index contributed by atoms with van der Waals surface area (Å²) in [5, 5.41) is 0. The van der Waals surface area contributed by atoms with Gasteiger partial charge in [-0.15, -0.1) is 11.8 Å². The Morgan fingerprint density at radius 2 is 2.31 bits per heavy atom. The van der Waals surface area contributed by atoms with Crippen molar-refractivity contribution in [3.63, 3.8) is 0 Å². The van der Waals surface area contributed by atoms with E-state index in [2.05, 4.69) is 34.2 Å². The smallest absolute Gasteiger partial charge is 0.0921 e. The zero-order valence-electron chi connectivity index (χ0n) is 9.02. The fourth-order valence-electron chi connectivity index (χ4n) is 2.29. The molecule has 82 valence electrons. The fourth-order valence-corrected chi connectivity index (χ4v) is 3.49. The quantitative estimate of drug-likeness (QED) is 0.858. The molecule has 1 atom stereocenters. The van der Waals surface area contributed by atoms with Gasteiger partial charge in [0, 0.05) is 16.8 Å². The molecule has 1 N–H and O–H groups in total. The number of H-pyrrole nitrogens is 1. The number of hydrogen-bond acceptors (Lipinski definition) is 2. The molecule has 1 aromatic heterocycles. The Kier molecular flexibility index (Phi) is 2.70. The van der Waals surface area contributed by atoms with E-state index < -0.39 is 0 Å². The highest BCUT2D eigenvalue weighted by Crippen LogP contribution is 2.38. The van der Waals surface area contributed by atoms with Gasteiger partial charge in [0.15, 0.2) is 0 Å². The number of aromatic nitrogens is 2. The highest BCUT2D eigenvalue weighted by molar-refractivity contribution is 7.99. The summed E-state index contributed by atoms with van der Waals surface area (Å²) in [5.74, 6) is 1.88. The van der Waals surface area contributed by atoms with Crippen molar-refractivity contribution in [2.45, 2.75) is 23.7 Å². The van der Waals surface area contributed by atoms with Crippen molar-refractivity contribution in [1.29, 1.82) is 0 Å². The summed E-state index contributed by atoms with van der Waals surface area (Å²) >= 11 is 1.98. The summed E-state index contributed by atoms with van der Waals surface area (Å²) < 4.78 is 0. The van der Waals surface area contributed by atoms with Crippen LogP contribution in [-0.4, -0.2) is 15.7 Å². The van der Waals surface area contributed by atoms with Crippen LogP contribution in [0.15, 0.2) is 41.7 Å². The lowest BCUT2D eigenvalue weighted by Gasteiger charge is -2.24. The number of benzene rings is 1. The van der Waals surface area contributed by atoms with E-state index in [1.54, 1.807) is 6.33 Å². The van der Waals surface area contributed by atoms with Crippen LogP contribution < -0.4 is 0 Å². The zero-order valence-corrected chi connectivity index (χ0v) is 9.83. The van der Waals surface area contributed by atoms with Crippen LogP contribution in [-0.2, 0) is 6.42 Å². The van der Waals surface area contributed by atoms with Crippen LogP contribution in [0.1, 0.15) is 23.6 Å². The van der Waals surface area contributed by atoms with Crippen LogP contribution in [0.25, 0.3) is 0 Å². The van der Waals surface area contributed by atoms with Crippen molar-refractivity contribution in [1.82, 2.24) is 9.97 Å². The first kappa shape index (κ1) is 9.97. The summed E-state index contributed by atoms with van der Waals surface area (Å²) in [4.78, 5) is 8.74. The Morgan fingerprint density at radius 3 is 3.19 bits per heavy atom. The largest absolute Gasteiger partial charge is 0.348 e. The topological polar surface area (TPSA) is 28.7 Å². The molecule has 0 amide bonds. The van der Waals surface area contributed by atoms with Crippen molar-refractivity contribution < 1.29 is 0 Å². The summed E-state index contributed by atoms with van der Waals surface area (Å²) in [6.45, 7) is 0. The second-order valence-corrected chi connectivity index (χ2v) is 5.29. The van der Waals surface area contributed by atoms with E-state index in [1.165, 1.54) is 28.3 Å². The maximum Gasteiger partial charge on any atom is 0.0921 e. The Morgan fingerprint density at radius 1 is 1.38 bits per heavy atom. The van der Waals surface area contributed by atoms with Gasteiger partial charge in [0.25, 0.3) is 0 Å². The van der Waals surface area contributed by atoms with E-state index in [0.717, 1.165) is 6.42 Å². The van der Waals surface area contributed by atoms with Crippen molar-refractivity contribution >= 4 is 11.8 Å². The van der Waals surface area contributed by atoms with Crippen LogP contribution in [0.5, 0.6) is 0 Å². The summed E-state index contributed by atoms with van der Waals surface area (Å²) in [6, 6.07) is 8.77. The molecule has 0 radical (unpaired) electrons. The van der Waals surface area contributed by atoms with Gasteiger partial charge in [-0.05, 0) is 36.1 Å². The van der Waals surface area contributed by atoms with Crippen molar-refractivity contribution in [2.75, 3.05) is 5.75 Å². The molecular formula is C13H14N2S. The van der Waals surface area contributed by atoms with Crippen LogP contribution in [0.4, 0.5) is 0 Å². The van der Waals surface area contributed by atoms with Crippen LogP contribution >= 0.6 is 11.8 Å². The average Bonchev–Trinajstić information content (AvgIpc) is 2.82. The Labute approximate surface area is 99.5 Å². The van der Waals surface area contributed by atoms with Gasteiger partial charge >= 0.3 is 0 Å². The molecule has 0 aliphatic carbocycles. The third-order valence-electron chi connectivity index (χ3n) is 3.10. The molecule has 2 heterocycles. The summed E-state index contributed by atoms with van der Waals surface area (Å²) in [6.07, 6.45) is 6.04. The highest BCUT2D eigenvalue weighted by atomic mass is 32.2. The Hall–Kier alpha value is -1.22. The van der Waals surface area contributed by atoms with Gasteiger partial charge in [0.2, 0.25) is 0 Å². The second kappa shape index (κ2) is 4.34. The van der Waals surface area contributed by atoms with Crippen LogP contribution in [0.2, 0.25) is 0 Å². The number of thioether (sulfide) groups is 1. The third kappa shape index (κ3) is 1.87. The maximum absolute atomic E-state index is 4.08. The number of rotatable bonds is 2. The van der Waals surface area contributed by atoms with Crippen LogP contribution in [0, 0.1) is 0 Å². The van der Waals surface area contributed by atoms with Gasteiger partial charge in [-0.2, -0.15) is 0 Å². The van der Waals surface area contributed by atoms with E-state index in [0.29, 0.717) is 5.92 Å². The first-order chi connectivity index (χ1) is 7.93. The molecule has 0 saturated heterocycles. The number of fused-ring (bicyclic) bond motifs is 1. The van der Waals surface area contributed by atoms with Crippen molar-refractivity contribution in [3.05, 3.63) is 48.0 Å². The lowest BCUT2D eigenvalue weighted by Crippen LogP contribution is -2.10. The molecule has 3 rings (SSSR count). The molecule has 1 aliphatic heterocycles. The summed E-state index contributed by atoms with van der Waals surface area (Å²) in [5.41, 5.74) is 2.75. The molecule has 0 fully saturated rings. The average molecular weight is 230 g/mol. The minimum Gasteiger partial charge on any atom is -0.348 e. The lowest BCUT2D eigenvalue weighted by atomic mass is 9.91. The van der Waals surface area contributed by atoms with Gasteiger partial charge < -0.3 is 4.98 Å². The maximum atomic E-state index is 4.08. The predicted octanol–water partition coefficient (Wildman–Crippen LogP) is 3.23. The minimum absolute atomic E-state index is 0.651. The number of nitrogens with one attached hydrogen (secondary N) is 1. The van der Waals surface area contributed by atoms with Gasteiger partial charge in [-0.1, -0.05) is 18.2 Å². The standard InChI is InChI=1S/C13H14N2S/c1-2-4-13-12(3-1)10(5-6-16-13)7-11-8-14-9-15-11/h1-4,8-10H,5-7H2,(H,14,15). The van der Waals surface area contributed by atoms with E-state index in [-0.39, 0.29) is 0 Å². The molecule has 0 saturated carbocycles. The summed E-state index contributed by atoms with van der Waals surface area (Å²) in [7, 11) is 0. The van der Waals surface area contributed by atoms with Crippen LogP contribution in [0.3, 0.4) is 0 Å². The zero-order chi connectivity index (χ0) is 10.8. The van der Waals surface area contributed by atoms with E-state index in [1.807, 2.05) is 18.0 Å². The molecule has 0 spiro atoms. The second-order valence-electron chi connectivity index (χ2n) is 4.15. The molecule has 3 heteroatoms. The van der Waals surface area contributed by atoms with Gasteiger partial charge in [0.05, 0.1) is 6.33 Å². The molecular weight excluding hydrogens is 216 g/mol. The Balaban J connectivity index is 1.87. The highest BCUT2D eigenvalue weighted by Gasteiger charge is 2.20. The third-order valence-corrected chi connectivity index (χ3v) is 4.23. The first-order valence-electron chi connectivity index (χ1n) is 5.62. The number of imidazole rings is 1. The van der Waals surface area contributed by atoms with E-state index in [4.69, 9.17) is 0 Å². The normalized spacial score (nSPS) is 19.4. The monoisotopic (exact) mass is 230 g/mol. The first-order valence-corrected chi connectivity index (χ1v) is 6.61. The molecule has 0 bridgehead atoms. The molecule has 2 nitrogen and oxygen atoms in total. The molecule has 16 heavy (non-hydrogen) atoms. The minimum atomic E-state index is 0.651. The van der Waals surface area contributed by atoms with E-state index >= 15 is 0 Å². The molecule has 1 unspecified atom stereocenters. The van der Waals surface area contributed by atoms with Crippen molar-refractivity contribution in [3.8, 4) is 0 Å². The fraction of sp³-hybridized carbons (Fsp3) is 0.308. The number of nitrogens with zero attached hydrogens (tertiary/aromatic N) is 1. The number of hydrogen-bond donors (Lipinski definition) is 1. The SMILES string of the molecule is c1ccc2c(c1)SCCC2Cc1cnc[nH]1. The van der Waals surface area contributed by atoms with Gasteiger partial charge in [-0.25, -0.2) is 4.98 Å². The van der Waals surface area contributed by atoms with E-state index in [9.17, 15) is 0 Å².